The van der Waals surface area contributed by atoms with Crippen molar-refractivity contribution >= 4 is 44.9 Å². The zero-order chi connectivity index (χ0) is 22.2. The minimum absolute atomic E-state index is 0.202. The van der Waals surface area contributed by atoms with E-state index in [9.17, 15) is 4.79 Å². The summed E-state index contributed by atoms with van der Waals surface area (Å²) in [5.41, 5.74) is 2.64. The molecular weight excluding hydrogens is 444 g/mol. The van der Waals surface area contributed by atoms with E-state index < -0.39 is 0 Å². The number of hydrogen-bond acceptors (Lipinski definition) is 5. The summed E-state index contributed by atoms with van der Waals surface area (Å²) in [6.07, 6.45) is 1.69. The third-order valence-corrected chi connectivity index (χ3v) is 6.56. The number of amides is 1. The van der Waals surface area contributed by atoms with Gasteiger partial charge >= 0.3 is 0 Å². The molecule has 32 heavy (non-hydrogen) atoms. The molecule has 0 unspecified atom stereocenters. The van der Waals surface area contributed by atoms with E-state index in [1.54, 1.807) is 10.9 Å². The number of carbonyl (C=O) groups is 1. The van der Waals surface area contributed by atoms with Crippen molar-refractivity contribution in [2.24, 2.45) is 0 Å². The number of pyridine rings is 1. The van der Waals surface area contributed by atoms with Gasteiger partial charge in [0.15, 0.2) is 5.82 Å². The normalized spacial score (nSPS) is 11.2. The van der Waals surface area contributed by atoms with Gasteiger partial charge < -0.3 is 5.32 Å². The Kier molecular flexibility index (Phi) is 5.24. The summed E-state index contributed by atoms with van der Waals surface area (Å²) < 4.78 is 3.53. The topological polar surface area (TPSA) is 77.6 Å². The summed E-state index contributed by atoms with van der Waals surface area (Å²) in [7, 11) is 0. The van der Waals surface area contributed by atoms with E-state index in [1.165, 1.54) is 11.3 Å². The second kappa shape index (κ2) is 8.22. The fourth-order valence-electron chi connectivity index (χ4n) is 3.54. The van der Waals surface area contributed by atoms with E-state index in [0.29, 0.717) is 28.1 Å². The molecule has 0 atom stereocenters. The summed E-state index contributed by atoms with van der Waals surface area (Å²) in [6.45, 7) is 4.36. The molecule has 160 valence electrons. The van der Waals surface area contributed by atoms with Crippen molar-refractivity contribution < 1.29 is 4.79 Å². The standard InChI is InChI=1S/C23H19ClN6OS/c1-14-11-21(30(27-14)20-9-5-6-10-25-20)26-22(31)19-12-17-15(2)28-29(23(17)32-19)13-16-7-3-4-8-18(16)24/h3-12H,13H2,1-2H3,(H,26,31). The van der Waals surface area contributed by atoms with Crippen LogP contribution < -0.4 is 5.32 Å². The fourth-order valence-corrected chi connectivity index (χ4v) is 4.79. The molecule has 0 saturated carbocycles. The molecule has 0 saturated heterocycles. The lowest BCUT2D eigenvalue weighted by atomic mass is 10.2. The number of aromatic nitrogens is 5. The number of aryl methyl sites for hydroxylation is 2. The number of benzene rings is 1. The maximum Gasteiger partial charge on any atom is 0.266 e. The monoisotopic (exact) mass is 462 g/mol. The Labute approximate surface area is 193 Å². The summed E-state index contributed by atoms with van der Waals surface area (Å²) >= 11 is 7.74. The Bertz CT molecular complexity index is 1440. The number of nitrogens with zero attached hydrogens (tertiary/aromatic N) is 5. The number of rotatable bonds is 5. The van der Waals surface area contributed by atoms with Crippen LogP contribution in [0.5, 0.6) is 0 Å². The van der Waals surface area contributed by atoms with Crippen LogP contribution in [0.1, 0.15) is 26.6 Å². The molecular formula is C23H19ClN6OS. The molecule has 0 fully saturated rings. The van der Waals surface area contributed by atoms with Crippen LogP contribution in [0.25, 0.3) is 16.0 Å². The van der Waals surface area contributed by atoms with Crippen molar-refractivity contribution in [1.29, 1.82) is 0 Å². The second-order valence-corrected chi connectivity index (χ2v) is 8.83. The molecule has 0 bridgehead atoms. The smallest absolute Gasteiger partial charge is 0.266 e. The Morgan fingerprint density at radius 2 is 1.91 bits per heavy atom. The van der Waals surface area contributed by atoms with Crippen LogP contribution in [-0.2, 0) is 6.54 Å². The first-order valence-corrected chi connectivity index (χ1v) is 11.2. The first kappa shape index (κ1) is 20.4. The molecule has 4 heterocycles. The van der Waals surface area contributed by atoms with E-state index in [2.05, 4.69) is 20.5 Å². The molecule has 0 radical (unpaired) electrons. The molecule has 5 rings (SSSR count). The lowest BCUT2D eigenvalue weighted by molar-refractivity contribution is 0.103. The lowest BCUT2D eigenvalue weighted by Gasteiger charge is -2.07. The van der Waals surface area contributed by atoms with Crippen LogP contribution in [0, 0.1) is 13.8 Å². The van der Waals surface area contributed by atoms with E-state index in [1.807, 2.05) is 73.1 Å². The largest absolute Gasteiger partial charge is 0.306 e. The summed E-state index contributed by atoms with van der Waals surface area (Å²) in [6, 6.07) is 17.0. The Morgan fingerprint density at radius 3 is 2.69 bits per heavy atom. The quantitative estimate of drug-likeness (QED) is 0.387. The van der Waals surface area contributed by atoms with Crippen molar-refractivity contribution in [3.8, 4) is 5.82 Å². The molecule has 4 aromatic heterocycles. The van der Waals surface area contributed by atoms with Gasteiger partial charge in [-0.15, -0.1) is 11.3 Å². The van der Waals surface area contributed by atoms with Gasteiger partial charge in [0, 0.05) is 22.7 Å². The third-order valence-electron chi connectivity index (χ3n) is 5.05. The zero-order valence-corrected chi connectivity index (χ0v) is 19.0. The molecule has 5 aromatic rings. The first-order valence-electron chi connectivity index (χ1n) is 9.99. The average molecular weight is 463 g/mol. The number of thiophene rings is 1. The predicted octanol–water partition coefficient (Wildman–Crippen LogP) is 5.25. The highest BCUT2D eigenvalue weighted by Crippen LogP contribution is 2.30. The van der Waals surface area contributed by atoms with Crippen LogP contribution in [0.2, 0.25) is 5.02 Å². The number of anilines is 1. The van der Waals surface area contributed by atoms with Gasteiger partial charge in [-0.25, -0.2) is 4.98 Å². The van der Waals surface area contributed by atoms with Crippen LogP contribution in [0.3, 0.4) is 0 Å². The van der Waals surface area contributed by atoms with Crippen LogP contribution >= 0.6 is 22.9 Å². The van der Waals surface area contributed by atoms with Crippen LogP contribution in [0.4, 0.5) is 5.82 Å². The van der Waals surface area contributed by atoms with Gasteiger partial charge in [-0.2, -0.15) is 14.9 Å². The number of halogens is 1. The highest BCUT2D eigenvalue weighted by atomic mass is 35.5. The number of fused-ring (bicyclic) bond motifs is 1. The minimum atomic E-state index is -0.202. The predicted molar refractivity (Wildman–Crippen MR) is 127 cm³/mol. The third kappa shape index (κ3) is 3.79. The SMILES string of the molecule is Cc1cc(NC(=O)c2cc3c(C)nn(Cc4ccccc4Cl)c3s2)n(-c2ccccn2)n1. The van der Waals surface area contributed by atoms with E-state index >= 15 is 0 Å². The van der Waals surface area contributed by atoms with Gasteiger partial charge in [0.1, 0.15) is 10.6 Å². The maximum absolute atomic E-state index is 13.1. The lowest BCUT2D eigenvalue weighted by Crippen LogP contribution is -2.14. The van der Waals surface area contributed by atoms with Gasteiger partial charge in [-0.1, -0.05) is 35.9 Å². The van der Waals surface area contributed by atoms with Crippen molar-refractivity contribution in [1.82, 2.24) is 24.5 Å². The van der Waals surface area contributed by atoms with E-state index in [4.69, 9.17) is 11.6 Å². The molecule has 7 nitrogen and oxygen atoms in total. The van der Waals surface area contributed by atoms with Crippen molar-refractivity contribution in [2.75, 3.05) is 5.32 Å². The molecule has 0 aliphatic rings. The van der Waals surface area contributed by atoms with Gasteiger partial charge in [0.25, 0.3) is 5.91 Å². The molecule has 0 spiro atoms. The van der Waals surface area contributed by atoms with Crippen molar-refractivity contribution in [2.45, 2.75) is 20.4 Å². The highest BCUT2D eigenvalue weighted by Gasteiger charge is 2.19. The second-order valence-electron chi connectivity index (χ2n) is 7.39. The number of hydrogen-bond donors (Lipinski definition) is 1. The molecule has 9 heteroatoms. The zero-order valence-electron chi connectivity index (χ0n) is 17.4. The maximum atomic E-state index is 13.1. The summed E-state index contributed by atoms with van der Waals surface area (Å²) in [5, 5.41) is 13.7. The van der Waals surface area contributed by atoms with Gasteiger partial charge in [-0.3, -0.25) is 9.48 Å². The van der Waals surface area contributed by atoms with Gasteiger partial charge in [0.2, 0.25) is 0 Å². The molecule has 0 aliphatic carbocycles. The Hall–Kier alpha value is -3.49. The van der Waals surface area contributed by atoms with Crippen molar-refractivity contribution in [3.05, 3.63) is 87.6 Å². The van der Waals surface area contributed by atoms with Gasteiger partial charge in [0.05, 0.1) is 22.8 Å². The minimum Gasteiger partial charge on any atom is -0.306 e. The molecule has 1 aromatic carbocycles. The highest BCUT2D eigenvalue weighted by molar-refractivity contribution is 7.20. The fraction of sp³-hybridized carbons (Fsp3) is 0.130. The Balaban J connectivity index is 1.45. The first-order chi connectivity index (χ1) is 15.5. The van der Waals surface area contributed by atoms with Crippen LogP contribution in [-0.4, -0.2) is 30.5 Å². The van der Waals surface area contributed by atoms with E-state index in [0.717, 1.165) is 27.2 Å². The molecule has 1 amide bonds. The Morgan fingerprint density at radius 1 is 1.09 bits per heavy atom. The van der Waals surface area contributed by atoms with Crippen LogP contribution in [0.15, 0.2) is 60.8 Å². The van der Waals surface area contributed by atoms with Crippen molar-refractivity contribution in [3.63, 3.8) is 0 Å². The number of nitrogens with one attached hydrogen (secondary N) is 1. The van der Waals surface area contributed by atoms with E-state index in [-0.39, 0.29) is 5.91 Å². The average Bonchev–Trinajstić information content (AvgIpc) is 3.46. The number of carbonyl (C=O) groups excluding carboxylic acids is 1. The van der Waals surface area contributed by atoms with Gasteiger partial charge in [-0.05, 0) is 43.7 Å². The molecule has 0 aliphatic heterocycles. The summed E-state index contributed by atoms with van der Waals surface area (Å²) in [5.74, 6) is 1.00. The molecule has 1 N–H and O–H groups in total. The summed E-state index contributed by atoms with van der Waals surface area (Å²) in [4.78, 5) is 19.0.